The molecule has 1 aromatic heterocycles. The van der Waals surface area contributed by atoms with E-state index in [2.05, 4.69) is 34.5 Å². The molecule has 3 aromatic rings. The van der Waals surface area contributed by atoms with Gasteiger partial charge in [0, 0.05) is 30.7 Å². The number of aliphatic carboxylic acids is 1. The Morgan fingerprint density at radius 2 is 1.78 bits per heavy atom. The van der Waals surface area contributed by atoms with Crippen LogP contribution in [0.5, 0.6) is 5.75 Å². The quantitative estimate of drug-likeness (QED) is 0.382. The molecule has 2 N–H and O–H groups in total. The van der Waals surface area contributed by atoms with Gasteiger partial charge in [0.2, 0.25) is 0 Å². The summed E-state index contributed by atoms with van der Waals surface area (Å²) >= 11 is 7.90. The van der Waals surface area contributed by atoms with Gasteiger partial charge in [0.1, 0.15) is 11.9 Å². The molecule has 2 aromatic carbocycles. The fraction of sp³-hybridized carbons (Fsp3) is 0.280. The molecule has 1 aliphatic rings. The van der Waals surface area contributed by atoms with Crippen LogP contribution in [0.1, 0.15) is 28.8 Å². The van der Waals surface area contributed by atoms with Crippen molar-refractivity contribution in [3.8, 4) is 5.75 Å². The number of carboxylic acids is 1. The molecule has 11 heteroatoms. The second kappa shape index (κ2) is 12.8. The number of alkyl halides is 3. The molecule has 192 valence electrons. The number of nitrogens with one attached hydrogen (secondary N) is 1. The SMILES string of the molecule is O=C(Nc1ccc(OC2CCN(Cc3ccccc3)CC2)c(Cl)c1)c1ccsc1.O=C(O)C(F)(F)F. The number of thiophene rings is 1. The van der Waals surface area contributed by atoms with Crippen molar-refractivity contribution in [1.82, 2.24) is 4.90 Å². The number of benzene rings is 2. The number of carbonyl (C=O) groups is 2. The molecule has 0 spiro atoms. The lowest BCUT2D eigenvalue weighted by Crippen LogP contribution is -2.37. The highest BCUT2D eigenvalue weighted by Crippen LogP contribution is 2.30. The van der Waals surface area contributed by atoms with Crippen LogP contribution in [0.4, 0.5) is 18.9 Å². The Hall–Kier alpha value is -3.08. The predicted molar refractivity (Wildman–Crippen MR) is 133 cm³/mol. The van der Waals surface area contributed by atoms with Crippen LogP contribution in [-0.4, -0.2) is 47.3 Å². The highest BCUT2D eigenvalue weighted by molar-refractivity contribution is 7.08. The van der Waals surface area contributed by atoms with Gasteiger partial charge in [-0.15, -0.1) is 0 Å². The summed E-state index contributed by atoms with van der Waals surface area (Å²) in [6.07, 6.45) is -2.98. The fourth-order valence-corrected chi connectivity index (χ4v) is 4.34. The molecule has 2 heterocycles. The van der Waals surface area contributed by atoms with Gasteiger partial charge in [-0.1, -0.05) is 41.9 Å². The first-order chi connectivity index (χ1) is 17.1. The Bertz CT molecular complexity index is 1140. The first kappa shape index (κ1) is 27.5. The number of halogens is 4. The lowest BCUT2D eigenvalue weighted by Gasteiger charge is -2.32. The van der Waals surface area contributed by atoms with Crippen molar-refractivity contribution in [3.05, 3.63) is 81.5 Å². The normalized spacial score (nSPS) is 14.4. The molecule has 0 unspecified atom stereocenters. The third kappa shape index (κ3) is 8.54. The van der Waals surface area contributed by atoms with Gasteiger partial charge in [-0.05, 0) is 48.1 Å². The molecule has 1 saturated heterocycles. The van der Waals surface area contributed by atoms with E-state index >= 15 is 0 Å². The minimum absolute atomic E-state index is 0.137. The Balaban J connectivity index is 0.000000454. The van der Waals surface area contributed by atoms with E-state index in [1.807, 2.05) is 29.0 Å². The summed E-state index contributed by atoms with van der Waals surface area (Å²) in [5.41, 5.74) is 2.65. The molecular formula is C25H24ClF3N2O4S. The number of amides is 1. The van der Waals surface area contributed by atoms with Crippen LogP contribution < -0.4 is 10.1 Å². The summed E-state index contributed by atoms with van der Waals surface area (Å²) in [7, 11) is 0. The topological polar surface area (TPSA) is 78.9 Å². The Morgan fingerprint density at radius 1 is 1.11 bits per heavy atom. The Morgan fingerprint density at radius 3 is 2.33 bits per heavy atom. The van der Waals surface area contributed by atoms with E-state index in [9.17, 15) is 18.0 Å². The van der Waals surface area contributed by atoms with E-state index < -0.39 is 12.1 Å². The summed E-state index contributed by atoms with van der Waals surface area (Å²) in [5.74, 6) is -2.23. The van der Waals surface area contributed by atoms with Crippen LogP contribution >= 0.6 is 22.9 Å². The van der Waals surface area contributed by atoms with E-state index in [1.54, 1.807) is 12.1 Å². The van der Waals surface area contributed by atoms with Crippen LogP contribution in [0, 0.1) is 0 Å². The Labute approximate surface area is 215 Å². The van der Waals surface area contributed by atoms with Crippen LogP contribution in [0.25, 0.3) is 0 Å². The molecule has 0 aliphatic carbocycles. The van der Waals surface area contributed by atoms with Gasteiger partial charge < -0.3 is 15.2 Å². The molecule has 0 saturated carbocycles. The van der Waals surface area contributed by atoms with E-state index in [-0.39, 0.29) is 12.0 Å². The molecule has 6 nitrogen and oxygen atoms in total. The van der Waals surface area contributed by atoms with Gasteiger partial charge in [0.15, 0.2) is 0 Å². The monoisotopic (exact) mass is 540 g/mol. The number of carbonyl (C=O) groups excluding carboxylic acids is 1. The highest BCUT2D eigenvalue weighted by Gasteiger charge is 2.38. The minimum Gasteiger partial charge on any atom is -0.489 e. The van der Waals surface area contributed by atoms with Crippen molar-refractivity contribution in [1.29, 1.82) is 0 Å². The van der Waals surface area contributed by atoms with Crippen LogP contribution in [0.3, 0.4) is 0 Å². The lowest BCUT2D eigenvalue weighted by molar-refractivity contribution is -0.192. The zero-order valence-electron chi connectivity index (χ0n) is 19.0. The molecule has 1 amide bonds. The standard InChI is InChI=1S/C23H23ClN2O2S.C2HF3O2/c24-21-14-19(25-23(27)18-10-13-29-16-18)6-7-22(21)28-20-8-11-26(12-9-20)15-17-4-2-1-3-5-17;3-2(4,5)1(6)7/h1-7,10,13-14,16,20H,8-9,11-12,15H2,(H,25,27);(H,6,7). The zero-order valence-corrected chi connectivity index (χ0v) is 20.6. The molecule has 0 radical (unpaired) electrons. The average molecular weight is 541 g/mol. The maximum Gasteiger partial charge on any atom is 0.490 e. The third-order valence-electron chi connectivity index (χ3n) is 5.29. The molecular weight excluding hydrogens is 517 g/mol. The highest BCUT2D eigenvalue weighted by atomic mass is 35.5. The second-order valence-electron chi connectivity index (χ2n) is 7.99. The number of anilines is 1. The van der Waals surface area contributed by atoms with Crippen molar-refractivity contribution in [2.24, 2.45) is 0 Å². The van der Waals surface area contributed by atoms with Crippen molar-refractivity contribution >= 4 is 40.5 Å². The summed E-state index contributed by atoms with van der Waals surface area (Å²) in [5, 5.41) is 14.2. The average Bonchev–Trinajstić information content (AvgIpc) is 3.38. The zero-order chi connectivity index (χ0) is 26.1. The Kier molecular flexibility index (Phi) is 9.74. The number of nitrogens with zero attached hydrogens (tertiary/aromatic N) is 1. The summed E-state index contributed by atoms with van der Waals surface area (Å²) in [4.78, 5) is 23.5. The number of likely N-dealkylation sites (tertiary alicyclic amines) is 1. The second-order valence-corrected chi connectivity index (χ2v) is 9.18. The smallest absolute Gasteiger partial charge is 0.489 e. The molecule has 1 fully saturated rings. The maximum atomic E-state index is 12.2. The van der Waals surface area contributed by atoms with Crippen LogP contribution in [0.15, 0.2) is 65.4 Å². The van der Waals surface area contributed by atoms with Gasteiger partial charge in [-0.3, -0.25) is 9.69 Å². The first-order valence-electron chi connectivity index (χ1n) is 11.0. The number of rotatable bonds is 6. The number of hydrogen-bond donors (Lipinski definition) is 2. The first-order valence-corrected chi connectivity index (χ1v) is 12.3. The van der Waals surface area contributed by atoms with Gasteiger partial charge >= 0.3 is 12.1 Å². The van der Waals surface area contributed by atoms with Gasteiger partial charge in [0.05, 0.1) is 10.6 Å². The van der Waals surface area contributed by atoms with Crippen molar-refractivity contribution in [3.63, 3.8) is 0 Å². The number of carboxylic acid groups (broad SMARTS) is 1. The number of hydrogen-bond acceptors (Lipinski definition) is 5. The summed E-state index contributed by atoms with van der Waals surface area (Å²) < 4.78 is 37.9. The molecule has 0 bridgehead atoms. The van der Waals surface area contributed by atoms with Gasteiger partial charge in [-0.25, -0.2) is 4.79 Å². The van der Waals surface area contributed by atoms with Crippen molar-refractivity contribution < 1.29 is 32.6 Å². The van der Waals surface area contributed by atoms with E-state index in [0.29, 0.717) is 22.0 Å². The van der Waals surface area contributed by atoms with Crippen LogP contribution in [0.2, 0.25) is 5.02 Å². The molecule has 0 atom stereocenters. The summed E-state index contributed by atoms with van der Waals surface area (Å²) in [6.45, 7) is 2.99. The van der Waals surface area contributed by atoms with Gasteiger partial charge in [0.25, 0.3) is 5.91 Å². The molecule has 1 aliphatic heterocycles. The lowest BCUT2D eigenvalue weighted by atomic mass is 10.1. The molecule has 4 rings (SSSR count). The van der Waals surface area contributed by atoms with E-state index in [1.165, 1.54) is 16.9 Å². The summed E-state index contributed by atoms with van der Waals surface area (Å²) in [6, 6.07) is 17.8. The number of ether oxygens (including phenoxy) is 1. The minimum atomic E-state index is -5.08. The van der Waals surface area contributed by atoms with Crippen molar-refractivity contribution in [2.75, 3.05) is 18.4 Å². The van der Waals surface area contributed by atoms with Crippen LogP contribution in [-0.2, 0) is 11.3 Å². The predicted octanol–water partition coefficient (Wildman–Crippen LogP) is 6.33. The van der Waals surface area contributed by atoms with E-state index in [4.69, 9.17) is 26.2 Å². The largest absolute Gasteiger partial charge is 0.490 e. The third-order valence-corrected chi connectivity index (χ3v) is 6.27. The molecule has 36 heavy (non-hydrogen) atoms. The van der Waals surface area contributed by atoms with E-state index in [0.717, 1.165) is 32.5 Å². The number of piperidine rings is 1. The maximum absolute atomic E-state index is 12.2. The van der Waals surface area contributed by atoms with Gasteiger partial charge in [-0.2, -0.15) is 24.5 Å². The van der Waals surface area contributed by atoms with Crippen molar-refractivity contribution in [2.45, 2.75) is 31.7 Å². The fourth-order valence-electron chi connectivity index (χ4n) is 3.48.